The Morgan fingerprint density at radius 2 is 0.923 bits per heavy atom. The van der Waals surface area contributed by atoms with E-state index in [0.29, 0.717) is 0 Å². The van der Waals surface area contributed by atoms with Crippen molar-refractivity contribution in [2.24, 2.45) is 0 Å². The van der Waals surface area contributed by atoms with Crippen molar-refractivity contribution in [1.82, 2.24) is 4.90 Å². The molecular weight excluding hydrogens is 362 g/mol. The highest BCUT2D eigenvalue weighted by Gasteiger charge is 2.31. The Bertz CT molecular complexity index is 295. The van der Waals surface area contributed by atoms with E-state index in [1.54, 1.807) is 0 Å². The molecule has 0 unspecified atom stereocenters. The van der Waals surface area contributed by atoms with E-state index >= 15 is 0 Å². The van der Waals surface area contributed by atoms with E-state index in [1.807, 2.05) is 0 Å². The average Bonchev–Trinajstić information content (AvgIpc) is 2.55. The first-order valence-electron chi connectivity index (χ1n) is 10.7. The van der Waals surface area contributed by atoms with Gasteiger partial charge >= 0.3 is 17.1 Å². The van der Waals surface area contributed by atoms with E-state index in [4.69, 9.17) is 17.7 Å². The fourth-order valence-corrected chi connectivity index (χ4v) is 8.28. The Labute approximate surface area is 165 Å². The second-order valence-electron chi connectivity index (χ2n) is 7.05. The van der Waals surface area contributed by atoms with E-state index in [-0.39, 0.29) is 0 Å². The smallest absolute Gasteiger partial charge is 0.334 e. The number of rotatable bonds is 18. The molecule has 5 nitrogen and oxygen atoms in total. The summed E-state index contributed by atoms with van der Waals surface area (Å²) in [5.41, 5.74) is 0. The lowest BCUT2D eigenvalue weighted by Gasteiger charge is -2.29. The predicted molar refractivity (Wildman–Crippen MR) is 115 cm³/mol. The van der Waals surface area contributed by atoms with Crippen LogP contribution in [0.5, 0.6) is 0 Å². The molecule has 26 heavy (non-hydrogen) atoms. The minimum Gasteiger partial charge on any atom is -0.395 e. The molecule has 0 saturated heterocycles. The first-order valence-corrected chi connectivity index (χ1v) is 15.7. The van der Waals surface area contributed by atoms with Crippen molar-refractivity contribution in [2.45, 2.75) is 79.1 Å². The van der Waals surface area contributed by atoms with Crippen LogP contribution in [0.15, 0.2) is 0 Å². The maximum atomic E-state index is 5.96. The number of nitrogens with zero attached hydrogens (tertiary/aromatic N) is 1. The van der Waals surface area contributed by atoms with Gasteiger partial charge in [-0.05, 0) is 91.8 Å². The third kappa shape index (κ3) is 11.8. The van der Waals surface area contributed by atoms with Gasteiger partial charge in [-0.3, -0.25) is 0 Å². The molecule has 0 aliphatic carbocycles. The molecule has 158 valence electrons. The topological polar surface area (TPSA) is 40.2 Å². The van der Waals surface area contributed by atoms with E-state index < -0.39 is 17.1 Å². The van der Waals surface area contributed by atoms with Gasteiger partial charge in [-0.2, -0.15) is 0 Å². The Kier molecular flexibility index (Phi) is 15.3. The molecule has 0 aromatic heterocycles. The van der Waals surface area contributed by atoms with Gasteiger partial charge < -0.3 is 22.6 Å². The van der Waals surface area contributed by atoms with Crippen molar-refractivity contribution in [1.29, 1.82) is 0 Å². The van der Waals surface area contributed by atoms with Crippen molar-refractivity contribution < 1.29 is 17.7 Å². The van der Waals surface area contributed by atoms with Gasteiger partial charge in [-0.25, -0.2) is 0 Å². The SMILES string of the molecule is CCCN(CCC[Si](C)(OCC)OCC)CCC[Si](C)(OCC)OCC. The Morgan fingerprint density at radius 1 is 0.577 bits per heavy atom. The van der Waals surface area contributed by atoms with E-state index in [1.165, 1.54) is 6.42 Å². The summed E-state index contributed by atoms with van der Waals surface area (Å²) in [6.45, 7) is 21.3. The molecule has 0 amide bonds. The standard InChI is InChI=1S/C19H45NO4Si2/c1-8-15-20(16-13-18-25(6,21-9-2)22-10-3)17-14-19-26(7,23-11-4)24-12-5/h8-19H2,1-7H3. The summed E-state index contributed by atoms with van der Waals surface area (Å²) >= 11 is 0. The number of hydrogen-bond donors (Lipinski definition) is 0. The second kappa shape index (κ2) is 15.2. The van der Waals surface area contributed by atoms with Gasteiger partial charge in [0.2, 0.25) is 0 Å². The maximum Gasteiger partial charge on any atom is 0.334 e. The molecule has 0 fully saturated rings. The van der Waals surface area contributed by atoms with E-state index in [0.717, 1.165) is 71.0 Å². The zero-order valence-electron chi connectivity index (χ0n) is 18.6. The maximum absolute atomic E-state index is 5.96. The minimum atomic E-state index is -1.98. The lowest BCUT2D eigenvalue weighted by molar-refractivity contribution is 0.182. The molecule has 7 heteroatoms. The Morgan fingerprint density at radius 3 is 1.19 bits per heavy atom. The highest BCUT2D eigenvalue weighted by molar-refractivity contribution is 6.66. The fourth-order valence-electron chi connectivity index (χ4n) is 3.49. The molecule has 0 aliphatic heterocycles. The quantitative estimate of drug-likeness (QED) is 0.306. The summed E-state index contributed by atoms with van der Waals surface area (Å²) < 4.78 is 23.8. The Hall–Kier alpha value is 0.234. The fraction of sp³-hybridized carbons (Fsp3) is 1.00. The molecule has 0 heterocycles. The first-order chi connectivity index (χ1) is 12.4. The molecule has 0 aromatic carbocycles. The first kappa shape index (κ1) is 26.2. The highest BCUT2D eigenvalue weighted by atomic mass is 28.4. The van der Waals surface area contributed by atoms with Crippen molar-refractivity contribution in [3.8, 4) is 0 Å². The summed E-state index contributed by atoms with van der Waals surface area (Å²) in [5, 5.41) is 0. The van der Waals surface area contributed by atoms with Gasteiger partial charge in [-0.1, -0.05) is 6.92 Å². The van der Waals surface area contributed by atoms with Gasteiger partial charge in [0.25, 0.3) is 0 Å². The summed E-state index contributed by atoms with van der Waals surface area (Å²) in [4.78, 5) is 2.58. The van der Waals surface area contributed by atoms with Crippen LogP contribution in [-0.2, 0) is 17.7 Å². The molecule has 0 bridgehead atoms. The minimum absolute atomic E-state index is 0.749. The van der Waals surface area contributed by atoms with Crippen LogP contribution in [0.25, 0.3) is 0 Å². The molecule has 0 N–H and O–H groups in total. The van der Waals surface area contributed by atoms with Gasteiger partial charge in [0, 0.05) is 26.4 Å². The van der Waals surface area contributed by atoms with Crippen LogP contribution in [0.2, 0.25) is 25.2 Å². The molecule has 0 atom stereocenters. The predicted octanol–water partition coefficient (Wildman–Crippen LogP) is 4.77. The van der Waals surface area contributed by atoms with Gasteiger partial charge in [-0.15, -0.1) is 0 Å². The van der Waals surface area contributed by atoms with E-state index in [2.05, 4.69) is 52.6 Å². The summed E-state index contributed by atoms with van der Waals surface area (Å²) in [7, 11) is -3.96. The lowest BCUT2D eigenvalue weighted by atomic mass is 10.3. The molecule has 0 aliphatic rings. The molecule has 0 spiro atoms. The normalized spacial score (nSPS) is 12.9. The molecule has 0 rings (SSSR count). The molecular formula is C19H45NO4Si2. The van der Waals surface area contributed by atoms with Crippen LogP contribution in [0.3, 0.4) is 0 Å². The summed E-state index contributed by atoms with van der Waals surface area (Å²) in [6.07, 6.45) is 3.49. The van der Waals surface area contributed by atoms with Gasteiger partial charge in [0.15, 0.2) is 0 Å². The number of hydrogen-bond acceptors (Lipinski definition) is 5. The molecule has 0 saturated carbocycles. The summed E-state index contributed by atoms with van der Waals surface area (Å²) in [6, 6.07) is 2.14. The van der Waals surface area contributed by atoms with Crippen molar-refractivity contribution in [2.75, 3.05) is 46.1 Å². The zero-order chi connectivity index (χ0) is 19.9. The van der Waals surface area contributed by atoms with Crippen molar-refractivity contribution in [3.63, 3.8) is 0 Å². The van der Waals surface area contributed by atoms with Crippen LogP contribution in [0, 0.1) is 0 Å². The average molecular weight is 408 g/mol. The van der Waals surface area contributed by atoms with Crippen LogP contribution in [-0.4, -0.2) is 68.1 Å². The summed E-state index contributed by atoms with van der Waals surface area (Å²) in [5.74, 6) is 0. The largest absolute Gasteiger partial charge is 0.395 e. The van der Waals surface area contributed by atoms with Crippen LogP contribution in [0.4, 0.5) is 0 Å². The van der Waals surface area contributed by atoms with Crippen molar-refractivity contribution >= 4 is 17.1 Å². The van der Waals surface area contributed by atoms with E-state index in [9.17, 15) is 0 Å². The lowest BCUT2D eigenvalue weighted by Crippen LogP contribution is -2.40. The third-order valence-electron chi connectivity index (χ3n) is 4.55. The van der Waals surface area contributed by atoms with Gasteiger partial charge in [0.1, 0.15) is 0 Å². The van der Waals surface area contributed by atoms with Crippen LogP contribution >= 0.6 is 0 Å². The van der Waals surface area contributed by atoms with Crippen LogP contribution < -0.4 is 0 Å². The van der Waals surface area contributed by atoms with Crippen LogP contribution in [0.1, 0.15) is 53.9 Å². The monoisotopic (exact) mass is 407 g/mol. The second-order valence-corrected chi connectivity index (χ2v) is 13.7. The third-order valence-corrected chi connectivity index (χ3v) is 10.7. The van der Waals surface area contributed by atoms with Gasteiger partial charge in [0.05, 0.1) is 0 Å². The molecule has 0 radical (unpaired) electrons. The molecule has 0 aromatic rings. The zero-order valence-corrected chi connectivity index (χ0v) is 20.6. The highest BCUT2D eigenvalue weighted by Crippen LogP contribution is 2.18. The van der Waals surface area contributed by atoms with Crippen molar-refractivity contribution in [3.05, 3.63) is 0 Å². The Balaban J connectivity index is 4.38.